The van der Waals surface area contributed by atoms with Crippen molar-refractivity contribution in [2.75, 3.05) is 13.1 Å². The molecule has 0 bridgehead atoms. The number of amides is 1. The summed E-state index contributed by atoms with van der Waals surface area (Å²) < 4.78 is 19.1. The number of rotatable bonds is 4. The highest BCUT2D eigenvalue weighted by molar-refractivity contribution is 5.81. The molecule has 1 fully saturated rings. The SMILES string of the molecule is CC(Oc1cc(F)ccc1C(C)N)C(=O)N1CCCCC1. The number of hydrogen-bond donors (Lipinski definition) is 1. The highest BCUT2D eigenvalue weighted by Gasteiger charge is 2.24. The summed E-state index contributed by atoms with van der Waals surface area (Å²) in [5, 5.41) is 0. The Labute approximate surface area is 125 Å². The molecular weight excluding hydrogens is 271 g/mol. The second kappa shape index (κ2) is 6.89. The Balaban J connectivity index is 2.09. The van der Waals surface area contributed by atoms with Crippen LogP contribution in [0, 0.1) is 5.82 Å². The third kappa shape index (κ3) is 3.94. The monoisotopic (exact) mass is 294 g/mol. The van der Waals surface area contributed by atoms with Crippen LogP contribution in [0.3, 0.4) is 0 Å². The largest absolute Gasteiger partial charge is 0.480 e. The first-order chi connectivity index (χ1) is 9.99. The number of hydrogen-bond acceptors (Lipinski definition) is 3. The first kappa shape index (κ1) is 15.8. The van der Waals surface area contributed by atoms with Crippen LogP contribution in [0.5, 0.6) is 5.75 Å². The molecular formula is C16H23FN2O2. The van der Waals surface area contributed by atoms with E-state index >= 15 is 0 Å². The molecule has 1 aromatic carbocycles. The van der Waals surface area contributed by atoms with Gasteiger partial charge in [0.2, 0.25) is 0 Å². The fourth-order valence-electron chi connectivity index (χ4n) is 2.60. The molecule has 1 saturated heterocycles. The number of piperidine rings is 1. The zero-order chi connectivity index (χ0) is 15.4. The molecule has 5 heteroatoms. The zero-order valence-corrected chi connectivity index (χ0v) is 12.6. The average molecular weight is 294 g/mol. The number of nitrogens with zero attached hydrogens (tertiary/aromatic N) is 1. The van der Waals surface area contributed by atoms with E-state index in [2.05, 4.69) is 0 Å². The molecule has 0 spiro atoms. The van der Waals surface area contributed by atoms with Gasteiger partial charge in [0.15, 0.2) is 6.10 Å². The summed E-state index contributed by atoms with van der Waals surface area (Å²) in [6.07, 6.45) is 2.59. The van der Waals surface area contributed by atoms with Crippen molar-refractivity contribution >= 4 is 5.91 Å². The van der Waals surface area contributed by atoms with Gasteiger partial charge in [0.25, 0.3) is 5.91 Å². The van der Waals surface area contributed by atoms with Crippen molar-refractivity contribution in [3.63, 3.8) is 0 Å². The summed E-state index contributed by atoms with van der Waals surface area (Å²) in [5.74, 6) is -0.0931. The maximum absolute atomic E-state index is 13.4. The third-order valence-electron chi connectivity index (χ3n) is 3.79. The lowest BCUT2D eigenvalue weighted by molar-refractivity contribution is -0.138. The van der Waals surface area contributed by atoms with Gasteiger partial charge in [-0.15, -0.1) is 0 Å². The van der Waals surface area contributed by atoms with Gasteiger partial charge >= 0.3 is 0 Å². The van der Waals surface area contributed by atoms with Gasteiger partial charge in [-0.1, -0.05) is 6.07 Å². The van der Waals surface area contributed by atoms with Crippen LogP contribution in [0.2, 0.25) is 0 Å². The summed E-state index contributed by atoms with van der Waals surface area (Å²) in [6.45, 7) is 5.05. The topological polar surface area (TPSA) is 55.6 Å². The van der Waals surface area contributed by atoms with E-state index in [1.165, 1.54) is 12.1 Å². The van der Waals surface area contributed by atoms with Crippen molar-refractivity contribution < 1.29 is 13.9 Å². The lowest BCUT2D eigenvalue weighted by atomic mass is 10.1. The summed E-state index contributed by atoms with van der Waals surface area (Å²) in [7, 11) is 0. The smallest absolute Gasteiger partial charge is 0.263 e. The minimum absolute atomic E-state index is 0.0467. The van der Waals surface area contributed by atoms with E-state index in [9.17, 15) is 9.18 Å². The van der Waals surface area contributed by atoms with Gasteiger partial charge in [0.1, 0.15) is 11.6 Å². The van der Waals surface area contributed by atoms with Gasteiger partial charge < -0.3 is 15.4 Å². The van der Waals surface area contributed by atoms with Crippen LogP contribution < -0.4 is 10.5 Å². The van der Waals surface area contributed by atoms with Crippen LogP contribution in [-0.2, 0) is 4.79 Å². The van der Waals surface area contributed by atoms with E-state index in [-0.39, 0.29) is 11.9 Å². The first-order valence-electron chi connectivity index (χ1n) is 7.49. The van der Waals surface area contributed by atoms with Crippen molar-refractivity contribution in [3.8, 4) is 5.75 Å². The Morgan fingerprint density at radius 1 is 1.29 bits per heavy atom. The van der Waals surface area contributed by atoms with Crippen LogP contribution in [0.25, 0.3) is 0 Å². The second-order valence-electron chi connectivity index (χ2n) is 5.62. The Morgan fingerprint density at radius 2 is 1.95 bits per heavy atom. The Morgan fingerprint density at radius 3 is 2.57 bits per heavy atom. The maximum Gasteiger partial charge on any atom is 0.263 e. The van der Waals surface area contributed by atoms with Gasteiger partial charge in [0, 0.05) is 30.8 Å². The van der Waals surface area contributed by atoms with Crippen molar-refractivity contribution in [3.05, 3.63) is 29.6 Å². The van der Waals surface area contributed by atoms with Gasteiger partial charge in [-0.2, -0.15) is 0 Å². The molecule has 2 N–H and O–H groups in total. The number of nitrogens with two attached hydrogens (primary N) is 1. The maximum atomic E-state index is 13.4. The Hall–Kier alpha value is -1.62. The fraction of sp³-hybridized carbons (Fsp3) is 0.562. The van der Waals surface area contributed by atoms with Crippen LogP contribution in [0.1, 0.15) is 44.7 Å². The molecule has 1 aliphatic heterocycles. The van der Waals surface area contributed by atoms with E-state index in [0.717, 1.165) is 32.4 Å². The molecule has 116 valence electrons. The van der Waals surface area contributed by atoms with Crippen molar-refractivity contribution in [2.24, 2.45) is 5.73 Å². The molecule has 21 heavy (non-hydrogen) atoms. The van der Waals surface area contributed by atoms with Gasteiger partial charge in [0.05, 0.1) is 0 Å². The Bertz CT molecular complexity index is 499. The van der Waals surface area contributed by atoms with Crippen LogP contribution >= 0.6 is 0 Å². The molecule has 0 aromatic heterocycles. The van der Waals surface area contributed by atoms with Gasteiger partial charge in [-0.05, 0) is 39.2 Å². The number of benzene rings is 1. The summed E-state index contributed by atoms with van der Waals surface area (Å²) >= 11 is 0. The molecule has 2 atom stereocenters. The number of halogens is 1. The third-order valence-corrected chi connectivity index (χ3v) is 3.79. The van der Waals surface area contributed by atoms with Crippen molar-refractivity contribution in [2.45, 2.75) is 45.3 Å². The van der Waals surface area contributed by atoms with Gasteiger partial charge in [-0.25, -0.2) is 4.39 Å². The van der Waals surface area contributed by atoms with E-state index in [4.69, 9.17) is 10.5 Å². The highest BCUT2D eigenvalue weighted by Crippen LogP contribution is 2.26. The van der Waals surface area contributed by atoms with Gasteiger partial charge in [-0.3, -0.25) is 4.79 Å². The average Bonchev–Trinajstić information content (AvgIpc) is 2.47. The lowest BCUT2D eigenvalue weighted by Gasteiger charge is -2.29. The number of carbonyl (C=O) groups is 1. The molecule has 0 saturated carbocycles. The van der Waals surface area contributed by atoms with Crippen molar-refractivity contribution in [1.82, 2.24) is 4.90 Å². The molecule has 1 heterocycles. The van der Waals surface area contributed by atoms with Crippen LogP contribution in [0.15, 0.2) is 18.2 Å². The molecule has 1 aliphatic rings. The summed E-state index contributed by atoms with van der Waals surface area (Å²) in [6, 6.07) is 3.97. The van der Waals surface area contributed by atoms with Crippen molar-refractivity contribution in [1.29, 1.82) is 0 Å². The molecule has 2 rings (SSSR count). The summed E-state index contributed by atoms with van der Waals surface area (Å²) in [5.41, 5.74) is 6.56. The van der Waals surface area contributed by atoms with E-state index in [1.807, 2.05) is 4.90 Å². The van der Waals surface area contributed by atoms with Crippen LogP contribution in [-0.4, -0.2) is 30.0 Å². The van der Waals surface area contributed by atoms with E-state index in [1.54, 1.807) is 19.9 Å². The van der Waals surface area contributed by atoms with E-state index < -0.39 is 11.9 Å². The zero-order valence-electron chi connectivity index (χ0n) is 12.6. The predicted octanol–water partition coefficient (Wildman–Crippen LogP) is 2.63. The first-order valence-corrected chi connectivity index (χ1v) is 7.49. The summed E-state index contributed by atoms with van der Waals surface area (Å²) in [4.78, 5) is 14.2. The molecule has 1 aromatic rings. The fourth-order valence-corrected chi connectivity index (χ4v) is 2.60. The highest BCUT2D eigenvalue weighted by atomic mass is 19.1. The number of carbonyl (C=O) groups excluding carboxylic acids is 1. The standard InChI is InChI=1S/C16H23FN2O2/c1-11(18)14-7-6-13(17)10-15(14)21-12(2)16(20)19-8-4-3-5-9-19/h6-7,10-12H,3-5,8-9,18H2,1-2H3. The molecule has 0 radical (unpaired) electrons. The quantitative estimate of drug-likeness (QED) is 0.928. The molecule has 4 nitrogen and oxygen atoms in total. The Kier molecular flexibility index (Phi) is 5.17. The lowest BCUT2D eigenvalue weighted by Crippen LogP contribution is -2.43. The second-order valence-corrected chi connectivity index (χ2v) is 5.62. The minimum Gasteiger partial charge on any atom is -0.480 e. The van der Waals surface area contributed by atoms with E-state index in [0.29, 0.717) is 11.3 Å². The van der Waals surface area contributed by atoms with Crippen LogP contribution in [0.4, 0.5) is 4.39 Å². The predicted molar refractivity (Wildman–Crippen MR) is 79.5 cm³/mol. The molecule has 1 amide bonds. The number of likely N-dealkylation sites (tertiary alicyclic amines) is 1. The molecule has 0 aliphatic carbocycles. The normalized spacial score (nSPS) is 18.2. The number of ether oxygens (including phenoxy) is 1. The molecule has 2 unspecified atom stereocenters. The minimum atomic E-state index is -0.637.